The molecule has 4 aromatic rings. The lowest BCUT2D eigenvalue weighted by atomic mass is 10.0. The summed E-state index contributed by atoms with van der Waals surface area (Å²) in [6.45, 7) is 0.268. The van der Waals surface area contributed by atoms with Gasteiger partial charge in [0.05, 0.1) is 23.0 Å². The number of barbiturate groups is 1. The predicted molar refractivity (Wildman–Crippen MR) is 158 cm³/mol. The van der Waals surface area contributed by atoms with Crippen molar-refractivity contribution in [3.63, 3.8) is 0 Å². The van der Waals surface area contributed by atoms with Gasteiger partial charge in [0.2, 0.25) is 0 Å². The van der Waals surface area contributed by atoms with E-state index in [1.165, 1.54) is 13.2 Å². The molecule has 0 atom stereocenters. The standard InChI is InChI=1S/C31H22BrClN2O5/c1-39-27-18-21(17-26(32)28(27)40-19-20-12-14-22(33)15-13-20)16-25-29(36)34(23-8-4-2-5-9-23)31(38)35(30(25)37)24-10-6-3-7-11-24/h2-18H,19H2,1H3. The molecular formula is C31H22BrClN2O5. The maximum absolute atomic E-state index is 13.6. The first kappa shape index (κ1) is 27.2. The zero-order valence-corrected chi connectivity index (χ0v) is 23.6. The lowest BCUT2D eigenvalue weighted by molar-refractivity contribution is -0.121. The zero-order chi connectivity index (χ0) is 28.2. The maximum Gasteiger partial charge on any atom is 0.343 e. The van der Waals surface area contributed by atoms with Crippen LogP contribution < -0.4 is 19.3 Å². The van der Waals surface area contributed by atoms with Crippen LogP contribution in [0.2, 0.25) is 5.02 Å². The minimum absolute atomic E-state index is 0.184. The minimum Gasteiger partial charge on any atom is -0.493 e. The summed E-state index contributed by atoms with van der Waals surface area (Å²) in [6.07, 6.45) is 1.44. The third kappa shape index (κ3) is 5.50. The smallest absolute Gasteiger partial charge is 0.343 e. The lowest BCUT2D eigenvalue weighted by Crippen LogP contribution is -2.57. The van der Waals surface area contributed by atoms with Crippen LogP contribution in [0.4, 0.5) is 16.2 Å². The topological polar surface area (TPSA) is 76.2 Å². The third-order valence-corrected chi connectivity index (χ3v) is 6.98. The average molecular weight is 618 g/mol. The van der Waals surface area contributed by atoms with Crippen LogP contribution in [0.15, 0.2) is 107 Å². The average Bonchev–Trinajstić information content (AvgIpc) is 2.96. The van der Waals surface area contributed by atoms with E-state index in [2.05, 4.69) is 15.9 Å². The van der Waals surface area contributed by atoms with Crippen molar-refractivity contribution >= 4 is 62.8 Å². The van der Waals surface area contributed by atoms with Crippen LogP contribution in [0.1, 0.15) is 11.1 Å². The molecule has 40 heavy (non-hydrogen) atoms. The number of carbonyl (C=O) groups is 3. The van der Waals surface area contributed by atoms with Crippen LogP contribution in [0.3, 0.4) is 0 Å². The highest BCUT2D eigenvalue weighted by atomic mass is 79.9. The van der Waals surface area contributed by atoms with E-state index in [1.54, 1.807) is 84.9 Å². The van der Waals surface area contributed by atoms with Gasteiger partial charge in [-0.25, -0.2) is 14.6 Å². The van der Waals surface area contributed by atoms with Gasteiger partial charge in [0.1, 0.15) is 12.2 Å². The Hall–Kier alpha value is -4.40. The van der Waals surface area contributed by atoms with Gasteiger partial charge in [-0.3, -0.25) is 9.59 Å². The molecule has 7 nitrogen and oxygen atoms in total. The van der Waals surface area contributed by atoms with Crippen molar-refractivity contribution in [3.05, 3.63) is 123 Å². The molecule has 0 saturated carbocycles. The number of imide groups is 2. The molecule has 9 heteroatoms. The fourth-order valence-electron chi connectivity index (χ4n) is 4.21. The summed E-state index contributed by atoms with van der Waals surface area (Å²) in [5.41, 5.74) is 1.92. The molecule has 1 fully saturated rings. The molecule has 200 valence electrons. The molecule has 0 N–H and O–H groups in total. The Labute approximate surface area is 244 Å². The van der Waals surface area contributed by atoms with Crippen LogP contribution in [0.25, 0.3) is 6.08 Å². The van der Waals surface area contributed by atoms with Gasteiger partial charge in [-0.15, -0.1) is 0 Å². The number of amides is 4. The highest BCUT2D eigenvalue weighted by Gasteiger charge is 2.43. The van der Waals surface area contributed by atoms with E-state index in [4.69, 9.17) is 21.1 Å². The summed E-state index contributed by atoms with van der Waals surface area (Å²) >= 11 is 9.49. The number of hydrogen-bond donors (Lipinski definition) is 0. The molecule has 4 aromatic carbocycles. The second kappa shape index (κ2) is 11.8. The number of benzene rings is 4. The van der Waals surface area contributed by atoms with Crippen molar-refractivity contribution in [1.82, 2.24) is 0 Å². The molecule has 0 bridgehead atoms. The number of para-hydroxylation sites is 2. The first-order valence-electron chi connectivity index (χ1n) is 12.2. The Bertz CT molecular complexity index is 1550. The number of halogens is 2. The number of hydrogen-bond acceptors (Lipinski definition) is 5. The number of carbonyl (C=O) groups excluding carboxylic acids is 3. The predicted octanol–water partition coefficient (Wildman–Crippen LogP) is 7.27. The van der Waals surface area contributed by atoms with Gasteiger partial charge in [-0.1, -0.05) is 60.1 Å². The molecule has 0 aliphatic carbocycles. The Morgan fingerprint density at radius 3 is 1.88 bits per heavy atom. The number of anilines is 2. The summed E-state index contributed by atoms with van der Waals surface area (Å²) in [5.74, 6) is -0.618. The van der Waals surface area contributed by atoms with Crippen molar-refractivity contribution in [2.24, 2.45) is 0 Å². The third-order valence-electron chi connectivity index (χ3n) is 6.14. The van der Waals surface area contributed by atoms with Gasteiger partial charge in [-0.2, -0.15) is 0 Å². The number of urea groups is 1. The molecule has 4 amide bonds. The highest BCUT2D eigenvalue weighted by Crippen LogP contribution is 2.38. The first-order chi connectivity index (χ1) is 19.4. The summed E-state index contributed by atoms with van der Waals surface area (Å²) in [5, 5.41) is 0.630. The Kier molecular flexibility index (Phi) is 8.00. The van der Waals surface area contributed by atoms with Gasteiger partial charge in [0.25, 0.3) is 11.8 Å². The largest absolute Gasteiger partial charge is 0.493 e. The monoisotopic (exact) mass is 616 g/mol. The minimum atomic E-state index is -0.755. The lowest BCUT2D eigenvalue weighted by Gasteiger charge is -2.34. The number of nitrogens with zero attached hydrogens (tertiary/aromatic N) is 2. The molecule has 1 saturated heterocycles. The quantitative estimate of drug-likeness (QED) is 0.161. The Morgan fingerprint density at radius 1 is 0.800 bits per heavy atom. The van der Waals surface area contributed by atoms with E-state index in [9.17, 15) is 14.4 Å². The number of ether oxygens (including phenoxy) is 2. The number of rotatable bonds is 7. The molecule has 0 aromatic heterocycles. The van der Waals surface area contributed by atoms with E-state index >= 15 is 0 Å². The van der Waals surface area contributed by atoms with Crippen LogP contribution in [-0.4, -0.2) is 25.0 Å². The van der Waals surface area contributed by atoms with Gasteiger partial charge in [-0.05, 0) is 81.7 Å². The van der Waals surface area contributed by atoms with Crippen molar-refractivity contribution in [1.29, 1.82) is 0 Å². The molecule has 1 aliphatic rings. The summed E-state index contributed by atoms with van der Waals surface area (Å²) in [4.78, 5) is 42.7. The summed E-state index contributed by atoms with van der Waals surface area (Å²) in [7, 11) is 1.50. The normalized spacial score (nSPS) is 13.5. The zero-order valence-electron chi connectivity index (χ0n) is 21.2. The van der Waals surface area contributed by atoms with E-state index in [0.29, 0.717) is 37.9 Å². The van der Waals surface area contributed by atoms with Crippen LogP contribution in [0.5, 0.6) is 11.5 Å². The molecule has 1 aliphatic heterocycles. The fourth-order valence-corrected chi connectivity index (χ4v) is 4.91. The second-order valence-corrected chi connectivity index (χ2v) is 10.0. The highest BCUT2D eigenvalue weighted by molar-refractivity contribution is 9.10. The van der Waals surface area contributed by atoms with Gasteiger partial charge in [0, 0.05) is 5.02 Å². The van der Waals surface area contributed by atoms with Crippen molar-refractivity contribution < 1.29 is 23.9 Å². The molecule has 0 radical (unpaired) electrons. The molecule has 5 rings (SSSR count). The Balaban J connectivity index is 1.53. The van der Waals surface area contributed by atoms with Crippen LogP contribution >= 0.6 is 27.5 Å². The second-order valence-electron chi connectivity index (χ2n) is 8.74. The number of methoxy groups -OCH3 is 1. The molecule has 0 unspecified atom stereocenters. The summed E-state index contributed by atoms with van der Waals surface area (Å²) < 4.78 is 12.1. The van der Waals surface area contributed by atoms with Gasteiger partial charge in [0.15, 0.2) is 11.5 Å². The van der Waals surface area contributed by atoms with E-state index in [1.807, 2.05) is 12.1 Å². The Morgan fingerprint density at radius 2 is 1.35 bits per heavy atom. The summed E-state index contributed by atoms with van der Waals surface area (Å²) in [6, 6.07) is 26.9. The van der Waals surface area contributed by atoms with Gasteiger partial charge >= 0.3 is 6.03 Å². The van der Waals surface area contributed by atoms with Crippen LogP contribution in [0, 0.1) is 0 Å². The van der Waals surface area contributed by atoms with Crippen LogP contribution in [-0.2, 0) is 16.2 Å². The van der Waals surface area contributed by atoms with E-state index in [-0.39, 0.29) is 12.2 Å². The SMILES string of the molecule is COc1cc(C=C2C(=O)N(c3ccccc3)C(=O)N(c3ccccc3)C2=O)cc(Br)c1OCc1ccc(Cl)cc1. The first-order valence-corrected chi connectivity index (χ1v) is 13.3. The maximum atomic E-state index is 13.6. The van der Waals surface area contributed by atoms with Crippen molar-refractivity contribution in [3.8, 4) is 11.5 Å². The van der Waals surface area contributed by atoms with E-state index < -0.39 is 17.8 Å². The van der Waals surface area contributed by atoms with E-state index in [0.717, 1.165) is 15.4 Å². The van der Waals surface area contributed by atoms with Crippen molar-refractivity contribution in [2.45, 2.75) is 6.61 Å². The molecular weight excluding hydrogens is 596 g/mol. The fraction of sp³-hybridized carbons (Fsp3) is 0.0645. The van der Waals surface area contributed by atoms with Gasteiger partial charge < -0.3 is 9.47 Å². The molecule has 1 heterocycles. The molecule has 0 spiro atoms. The van der Waals surface area contributed by atoms with Crippen molar-refractivity contribution in [2.75, 3.05) is 16.9 Å².